The average molecular weight is 276 g/mol. The Morgan fingerprint density at radius 3 is 2.85 bits per heavy atom. The predicted molar refractivity (Wildman–Crippen MR) is 83.9 cm³/mol. The fourth-order valence-corrected chi connectivity index (χ4v) is 2.84. The molecular formula is C17H28N2O. The van der Waals surface area contributed by atoms with Crippen LogP contribution in [0.2, 0.25) is 0 Å². The molecule has 1 aliphatic rings. The van der Waals surface area contributed by atoms with Crippen LogP contribution in [-0.2, 0) is 11.3 Å². The summed E-state index contributed by atoms with van der Waals surface area (Å²) in [7, 11) is 1.78. The van der Waals surface area contributed by atoms with Gasteiger partial charge in [-0.1, -0.05) is 30.3 Å². The van der Waals surface area contributed by atoms with Crippen LogP contribution in [0, 0.1) is 0 Å². The summed E-state index contributed by atoms with van der Waals surface area (Å²) in [5.41, 5.74) is 1.42. The zero-order chi connectivity index (χ0) is 14.0. The minimum absolute atomic E-state index is 0.682. The van der Waals surface area contributed by atoms with Crippen LogP contribution in [0.3, 0.4) is 0 Å². The number of methoxy groups -OCH3 is 1. The average Bonchev–Trinajstić information content (AvgIpc) is 2.91. The van der Waals surface area contributed by atoms with Gasteiger partial charge in [-0.2, -0.15) is 0 Å². The number of rotatable bonds is 9. The van der Waals surface area contributed by atoms with Crippen LogP contribution < -0.4 is 5.32 Å². The van der Waals surface area contributed by atoms with Crippen molar-refractivity contribution in [2.24, 2.45) is 0 Å². The first-order valence-corrected chi connectivity index (χ1v) is 7.87. The number of unbranched alkanes of at least 4 members (excludes halogenated alkanes) is 2. The monoisotopic (exact) mass is 276 g/mol. The summed E-state index contributed by atoms with van der Waals surface area (Å²) < 4.78 is 5.07. The van der Waals surface area contributed by atoms with Crippen LogP contribution in [0.25, 0.3) is 0 Å². The van der Waals surface area contributed by atoms with E-state index < -0.39 is 0 Å². The standard InChI is InChI=1S/C17H28N2O/c1-20-13-7-3-6-11-18-17-10-12-19(15-17)14-16-8-4-2-5-9-16/h2,4-5,8-9,17-18H,3,6-7,10-15H2,1H3. The summed E-state index contributed by atoms with van der Waals surface area (Å²) in [5.74, 6) is 0. The van der Waals surface area contributed by atoms with Gasteiger partial charge in [0.1, 0.15) is 0 Å². The van der Waals surface area contributed by atoms with Gasteiger partial charge in [-0.05, 0) is 37.8 Å². The Morgan fingerprint density at radius 2 is 2.05 bits per heavy atom. The molecule has 1 aliphatic heterocycles. The third-order valence-corrected chi connectivity index (χ3v) is 3.98. The molecule has 1 fully saturated rings. The van der Waals surface area contributed by atoms with E-state index in [1.807, 2.05) is 0 Å². The highest BCUT2D eigenvalue weighted by atomic mass is 16.5. The second-order valence-electron chi connectivity index (χ2n) is 5.71. The number of hydrogen-bond acceptors (Lipinski definition) is 3. The highest BCUT2D eigenvalue weighted by Gasteiger charge is 2.21. The number of nitrogens with zero attached hydrogens (tertiary/aromatic N) is 1. The minimum atomic E-state index is 0.682. The number of likely N-dealkylation sites (tertiary alicyclic amines) is 1. The minimum Gasteiger partial charge on any atom is -0.385 e. The first-order valence-electron chi connectivity index (χ1n) is 7.87. The molecule has 112 valence electrons. The van der Waals surface area contributed by atoms with Crippen molar-refractivity contribution in [2.75, 3.05) is 33.4 Å². The Labute approximate surface area is 123 Å². The molecule has 0 amide bonds. The van der Waals surface area contributed by atoms with E-state index in [0.717, 1.165) is 19.7 Å². The van der Waals surface area contributed by atoms with Gasteiger partial charge in [-0.15, -0.1) is 0 Å². The lowest BCUT2D eigenvalue weighted by Gasteiger charge is -2.16. The SMILES string of the molecule is COCCCCCNC1CCN(Cc2ccccc2)C1. The molecule has 0 saturated carbocycles. The molecule has 1 aromatic carbocycles. The molecule has 1 atom stereocenters. The molecule has 1 unspecified atom stereocenters. The first kappa shape index (κ1) is 15.5. The van der Waals surface area contributed by atoms with Crippen molar-refractivity contribution in [2.45, 2.75) is 38.3 Å². The van der Waals surface area contributed by atoms with Gasteiger partial charge in [0.2, 0.25) is 0 Å². The molecule has 20 heavy (non-hydrogen) atoms. The topological polar surface area (TPSA) is 24.5 Å². The molecule has 1 saturated heterocycles. The summed E-state index contributed by atoms with van der Waals surface area (Å²) in [6, 6.07) is 11.5. The number of nitrogens with one attached hydrogen (secondary N) is 1. The molecule has 1 heterocycles. The summed E-state index contributed by atoms with van der Waals surface area (Å²) in [6.07, 6.45) is 4.99. The van der Waals surface area contributed by atoms with Gasteiger partial charge >= 0.3 is 0 Å². The van der Waals surface area contributed by atoms with Crippen LogP contribution in [0.4, 0.5) is 0 Å². The highest BCUT2D eigenvalue weighted by Crippen LogP contribution is 2.13. The summed E-state index contributed by atoms with van der Waals surface area (Å²) in [6.45, 7) is 5.54. The van der Waals surface area contributed by atoms with Crippen LogP contribution in [0.5, 0.6) is 0 Å². The van der Waals surface area contributed by atoms with E-state index in [4.69, 9.17) is 4.74 Å². The normalized spacial score (nSPS) is 19.6. The van der Waals surface area contributed by atoms with Gasteiger partial charge in [-0.25, -0.2) is 0 Å². The lowest BCUT2D eigenvalue weighted by Crippen LogP contribution is -2.33. The quantitative estimate of drug-likeness (QED) is 0.702. The number of hydrogen-bond donors (Lipinski definition) is 1. The maximum Gasteiger partial charge on any atom is 0.0462 e. The Balaban J connectivity index is 1.56. The summed E-state index contributed by atoms with van der Waals surface area (Å²) in [4.78, 5) is 2.55. The lowest BCUT2D eigenvalue weighted by atomic mass is 10.2. The summed E-state index contributed by atoms with van der Waals surface area (Å²) in [5, 5.41) is 3.69. The number of benzene rings is 1. The molecule has 3 heteroatoms. The lowest BCUT2D eigenvalue weighted by molar-refractivity contribution is 0.192. The third-order valence-electron chi connectivity index (χ3n) is 3.98. The van der Waals surface area contributed by atoms with Crippen molar-refractivity contribution >= 4 is 0 Å². The van der Waals surface area contributed by atoms with Crippen molar-refractivity contribution in [1.29, 1.82) is 0 Å². The fourth-order valence-electron chi connectivity index (χ4n) is 2.84. The van der Waals surface area contributed by atoms with E-state index in [9.17, 15) is 0 Å². The molecule has 0 spiro atoms. The molecule has 0 radical (unpaired) electrons. The molecule has 0 aromatic heterocycles. The smallest absolute Gasteiger partial charge is 0.0462 e. The maximum atomic E-state index is 5.07. The van der Waals surface area contributed by atoms with Crippen LogP contribution in [0.15, 0.2) is 30.3 Å². The van der Waals surface area contributed by atoms with E-state index in [1.54, 1.807) is 7.11 Å². The predicted octanol–water partition coefficient (Wildman–Crippen LogP) is 2.67. The van der Waals surface area contributed by atoms with Crippen LogP contribution in [0.1, 0.15) is 31.2 Å². The largest absolute Gasteiger partial charge is 0.385 e. The van der Waals surface area contributed by atoms with E-state index in [1.165, 1.54) is 44.3 Å². The van der Waals surface area contributed by atoms with Gasteiger partial charge in [0, 0.05) is 39.4 Å². The van der Waals surface area contributed by atoms with Crippen molar-refractivity contribution in [1.82, 2.24) is 10.2 Å². The van der Waals surface area contributed by atoms with E-state index >= 15 is 0 Å². The molecule has 1 N–H and O–H groups in total. The van der Waals surface area contributed by atoms with Gasteiger partial charge in [0.05, 0.1) is 0 Å². The molecule has 1 aromatic rings. The van der Waals surface area contributed by atoms with E-state index in [2.05, 4.69) is 40.5 Å². The fraction of sp³-hybridized carbons (Fsp3) is 0.647. The van der Waals surface area contributed by atoms with Crippen molar-refractivity contribution in [3.05, 3.63) is 35.9 Å². The van der Waals surface area contributed by atoms with Gasteiger partial charge < -0.3 is 10.1 Å². The zero-order valence-corrected chi connectivity index (χ0v) is 12.7. The highest BCUT2D eigenvalue weighted by molar-refractivity contribution is 5.14. The van der Waals surface area contributed by atoms with Gasteiger partial charge in [-0.3, -0.25) is 4.90 Å². The van der Waals surface area contributed by atoms with Crippen molar-refractivity contribution in [3.8, 4) is 0 Å². The van der Waals surface area contributed by atoms with E-state index in [-0.39, 0.29) is 0 Å². The summed E-state index contributed by atoms with van der Waals surface area (Å²) >= 11 is 0. The van der Waals surface area contributed by atoms with Crippen molar-refractivity contribution < 1.29 is 4.74 Å². The van der Waals surface area contributed by atoms with Gasteiger partial charge in [0.25, 0.3) is 0 Å². The Kier molecular flexibility index (Phi) is 7.06. The number of ether oxygens (including phenoxy) is 1. The van der Waals surface area contributed by atoms with Crippen molar-refractivity contribution in [3.63, 3.8) is 0 Å². The molecular weight excluding hydrogens is 248 g/mol. The van der Waals surface area contributed by atoms with Crippen LogP contribution >= 0.6 is 0 Å². The van der Waals surface area contributed by atoms with Gasteiger partial charge in [0.15, 0.2) is 0 Å². The molecule has 0 aliphatic carbocycles. The third kappa shape index (κ3) is 5.61. The first-order chi connectivity index (χ1) is 9.88. The molecule has 3 nitrogen and oxygen atoms in total. The zero-order valence-electron chi connectivity index (χ0n) is 12.7. The van der Waals surface area contributed by atoms with Crippen LogP contribution in [-0.4, -0.2) is 44.3 Å². The van der Waals surface area contributed by atoms with E-state index in [0.29, 0.717) is 6.04 Å². The second-order valence-corrected chi connectivity index (χ2v) is 5.71. The Bertz CT molecular complexity index is 355. The molecule has 0 bridgehead atoms. The Hall–Kier alpha value is -0.900. The molecule has 2 rings (SSSR count). The Morgan fingerprint density at radius 1 is 1.20 bits per heavy atom. The second kappa shape index (κ2) is 9.11. The maximum absolute atomic E-state index is 5.07.